The van der Waals surface area contributed by atoms with Gasteiger partial charge in [-0.15, -0.1) is 0 Å². The van der Waals surface area contributed by atoms with E-state index in [0.29, 0.717) is 5.56 Å². The molecule has 0 aliphatic carbocycles. The molecule has 4 nitrogen and oxygen atoms in total. The van der Waals surface area contributed by atoms with Crippen LogP contribution in [0.1, 0.15) is 11.3 Å². The maximum atomic E-state index is 8.74. The van der Waals surface area contributed by atoms with Crippen LogP contribution in [-0.4, -0.2) is 16.6 Å². The van der Waals surface area contributed by atoms with Crippen LogP contribution in [0, 0.1) is 11.3 Å². The summed E-state index contributed by atoms with van der Waals surface area (Å²) in [5.41, 5.74) is 2.92. The molecule has 0 aliphatic heterocycles. The van der Waals surface area contributed by atoms with Crippen molar-refractivity contribution in [2.45, 2.75) is 6.54 Å². The van der Waals surface area contributed by atoms with E-state index in [0.717, 1.165) is 17.9 Å². The Labute approximate surface area is 101 Å². The smallest absolute Gasteiger partial charge is 0.0991 e. The first-order chi connectivity index (χ1) is 8.20. The molecule has 0 atom stereocenters. The van der Waals surface area contributed by atoms with Gasteiger partial charge >= 0.3 is 0 Å². The van der Waals surface area contributed by atoms with Gasteiger partial charge in [-0.25, -0.2) is 4.98 Å². The van der Waals surface area contributed by atoms with Gasteiger partial charge in [0.15, 0.2) is 0 Å². The molecular formula is C13H14N4. The molecule has 2 rings (SSSR count). The van der Waals surface area contributed by atoms with Gasteiger partial charge < -0.3 is 9.47 Å². The van der Waals surface area contributed by atoms with Gasteiger partial charge in [0.1, 0.15) is 0 Å². The molecule has 1 aromatic carbocycles. The predicted molar refractivity (Wildman–Crippen MR) is 66.5 cm³/mol. The maximum absolute atomic E-state index is 8.74. The van der Waals surface area contributed by atoms with Crippen LogP contribution in [0.5, 0.6) is 0 Å². The van der Waals surface area contributed by atoms with Gasteiger partial charge in [0, 0.05) is 26.0 Å². The lowest BCUT2D eigenvalue weighted by atomic mass is 10.2. The Hall–Kier alpha value is -2.28. The van der Waals surface area contributed by atoms with Crippen molar-refractivity contribution in [2.75, 3.05) is 11.9 Å². The van der Waals surface area contributed by atoms with E-state index in [1.807, 2.05) is 49.1 Å². The Bertz CT molecular complexity index is 533. The second-order valence-electron chi connectivity index (χ2n) is 4.01. The molecule has 0 fully saturated rings. The maximum Gasteiger partial charge on any atom is 0.0991 e. The fraction of sp³-hybridized carbons (Fsp3) is 0.231. The Morgan fingerprint density at radius 3 is 2.59 bits per heavy atom. The molecule has 2 aromatic rings. The number of hydrogen-bond donors (Lipinski definition) is 0. The van der Waals surface area contributed by atoms with Gasteiger partial charge in [-0.1, -0.05) is 0 Å². The van der Waals surface area contributed by atoms with Crippen molar-refractivity contribution in [3.05, 3.63) is 48.0 Å². The number of rotatable bonds is 3. The summed E-state index contributed by atoms with van der Waals surface area (Å²) < 4.78 is 2.00. The third-order valence-electron chi connectivity index (χ3n) is 2.75. The molecule has 1 heterocycles. The number of aromatic nitrogens is 2. The molecule has 1 aromatic heterocycles. The van der Waals surface area contributed by atoms with Crippen LogP contribution >= 0.6 is 0 Å². The topological polar surface area (TPSA) is 44.9 Å². The molecule has 0 spiro atoms. The number of benzene rings is 1. The van der Waals surface area contributed by atoms with Gasteiger partial charge in [0.25, 0.3) is 0 Å². The molecule has 0 amide bonds. The Balaban J connectivity index is 2.12. The number of nitrogens with zero attached hydrogens (tertiary/aromatic N) is 4. The molecule has 0 N–H and O–H groups in total. The quantitative estimate of drug-likeness (QED) is 0.803. The molecule has 86 valence electrons. The van der Waals surface area contributed by atoms with Crippen LogP contribution in [0.2, 0.25) is 0 Å². The van der Waals surface area contributed by atoms with Crippen molar-refractivity contribution in [1.82, 2.24) is 9.55 Å². The first-order valence-electron chi connectivity index (χ1n) is 5.37. The molecule has 0 unspecified atom stereocenters. The van der Waals surface area contributed by atoms with E-state index in [1.165, 1.54) is 0 Å². The van der Waals surface area contributed by atoms with E-state index in [-0.39, 0.29) is 0 Å². The highest BCUT2D eigenvalue weighted by atomic mass is 15.1. The number of anilines is 1. The third-order valence-corrected chi connectivity index (χ3v) is 2.75. The zero-order valence-electron chi connectivity index (χ0n) is 9.96. The fourth-order valence-electron chi connectivity index (χ4n) is 1.66. The van der Waals surface area contributed by atoms with Gasteiger partial charge in [0.2, 0.25) is 0 Å². The summed E-state index contributed by atoms with van der Waals surface area (Å²) in [5, 5.41) is 8.74. The fourth-order valence-corrected chi connectivity index (χ4v) is 1.66. The Morgan fingerprint density at radius 2 is 2.06 bits per heavy atom. The highest BCUT2D eigenvalue weighted by Crippen LogP contribution is 2.15. The second kappa shape index (κ2) is 4.71. The van der Waals surface area contributed by atoms with Gasteiger partial charge in [-0.05, 0) is 24.3 Å². The highest BCUT2D eigenvalue weighted by molar-refractivity contribution is 5.49. The summed E-state index contributed by atoms with van der Waals surface area (Å²) in [4.78, 5) is 6.21. The lowest BCUT2D eigenvalue weighted by molar-refractivity contribution is 0.788. The van der Waals surface area contributed by atoms with E-state index in [9.17, 15) is 0 Å². The van der Waals surface area contributed by atoms with Gasteiger partial charge in [-0.2, -0.15) is 5.26 Å². The Morgan fingerprint density at radius 1 is 1.35 bits per heavy atom. The summed E-state index contributed by atoms with van der Waals surface area (Å²) in [5.74, 6) is 0. The van der Waals surface area contributed by atoms with Crippen LogP contribution in [-0.2, 0) is 13.6 Å². The van der Waals surface area contributed by atoms with E-state index in [4.69, 9.17) is 5.26 Å². The average Bonchev–Trinajstić information content (AvgIpc) is 2.75. The molecule has 0 saturated heterocycles. The molecule has 0 saturated carbocycles. The van der Waals surface area contributed by atoms with Crippen LogP contribution in [0.4, 0.5) is 5.69 Å². The highest BCUT2D eigenvalue weighted by Gasteiger charge is 2.04. The minimum absolute atomic E-state index is 0.683. The second-order valence-corrected chi connectivity index (χ2v) is 4.01. The van der Waals surface area contributed by atoms with E-state index in [2.05, 4.69) is 16.0 Å². The third kappa shape index (κ3) is 2.45. The number of hydrogen-bond acceptors (Lipinski definition) is 3. The largest absolute Gasteiger partial charge is 0.369 e. The SMILES string of the molecule is CN(Cc1cncn1C)c1ccc(C#N)cc1. The average molecular weight is 226 g/mol. The van der Waals surface area contributed by atoms with Crippen molar-refractivity contribution in [1.29, 1.82) is 5.26 Å². The van der Waals surface area contributed by atoms with E-state index >= 15 is 0 Å². The van der Waals surface area contributed by atoms with Crippen molar-refractivity contribution in [3.8, 4) is 6.07 Å². The van der Waals surface area contributed by atoms with Crippen LogP contribution in [0.15, 0.2) is 36.8 Å². The molecule has 4 heteroatoms. The Kier molecular flexibility index (Phi) is 3.10. The van der Waals surface area contributed by atoms with Crippen molar-refractivity contribution in [3.63, 3.8) is 0 Å². The summed E-state index contributed by atoms with van der Waals surface area (Å²) >= 11 is 0. The van der Waals surface area contributed by atoms with E-state index in [1.54, 1.807) is 6.33 Å². The number of nitriles is 1. The zero-order valence-corrected chi connectivity index (χ0v) is 9.96. The van der Waals surface area contributed by atoms with Crippen LogP contribution < -0.4 is 4.90 Å². The van der Waals surface area contributed by atoms with Crippen molar-refractivity contribution >= 4 is 5.69 Å². The molecule has 17 heavy (non-hydrogen) atoms. The van der Waals surface area contributed by atoms with Crippen LogP contribution in [0.25, 0.3) is 0 Å². The molecule has 0 bridgehead atoms. The van der Waals surface area contributed by atoms with Gasteiger partial charge in [0.05, 0.1) is 30.2 Å². The first kappa shape index (κ1) is 11.2. The predicted octanol–water partition coefficient (Wildman–Crippen LogP) is 1.93. The summed E-state index contributed by atoms with van der Waals surface area (Å²) in [7, 11) is 4.00. The number of imidazole rings is 1. The minimum atomic E-state index is 0.683. The standard InChI is InChI=1S/C13H14N4/c1-16(9-13-8-15-10-17(13)2)12-5-3-11(7-14)4-6-12/h3-6,8,10H,9H2,1-2H3. The monoisotopic (exact) mass is 226 g/mol. The summed E-state index contributed by atoms with van der Waals surface area (Å²) in [6.07, 6.45) is 3.65. The molecule has 0 radical (unpaired) electrons. The lowest BCUT2D eigenvalue weighted by Crippen LogP contribution is -2.17. The summed E-state index contributed by atoms with van der Waals surface area (Å²) in [6, 6.07) is 9.68. The van der Waals surface area contributed by atoms with Crippen molar-refractivity contribution in [2.24, 2.45) is 7.05 Å². The van der Waals surface area contributed by atoms with Crippen LogP contribution in [0.3, 0.4) is 0 Å². The van der Waals surface area contributed by atoms with Gasteiger partial charge in [-0.3, -0.25) is 0 Å². The summed E-state index contributed by atoms with van der Waals surface area (Å²) in [6.45, 7) is 0.794. The molecular weight excluding hydrogens is 212 g/mol. The number of aryl methyl sites for hydroxylation is 1. The first-order valence-corrected chi connectivity index (χ1v) is 5.37. The lowest BCUT2D eigenvalue weighted by Gasteiger charge is -2.19. The van der Waals surface area contributed by atoms with Crippen molar-refractivity contribution < 1.29 is 0 Å². The van der Waals surface area contributed by atoms with E-state index < -0.39 is 0 Å². The molecule has 0 aliphatic rings. The normalized spacial score (nSPS) is 9.94. The minimum Gasteiger partial charge on any atom is -0.369 e. The zero-order chi connectivity index (χ0) is 12.3.